The van der Waals surface area contributed by atoms with E-state index in [4.69, 9.17) is 4.74 Å². The molecule has 30 heavy (non-hydrogen) atoms. The van der Waals surface area contributed by atoms with Gasteiger partial charge >= 0.3 is 12.3 Å². The number of anilines is 1. The fourth-order valence-electron chi connectivity index (χ4n) is 3.16. The van der Waals surface area contributed by atoms with Gasteiger partial charge in [-0.2, -0.15) is 13.2 Å². The van der Waals surface area contributed by atoms with Gasteiger partial charge in [-0.05, 0) is 32.9 Å². The van der Waals surface area contributed by atoms with Gasteiger partial charge in [-0.15, -0.1) is 0 Å². The summed E-state index contributed by atoms with van der Waals surface area (Å²) in [5.74, 6) is 0. The van der Waals surface area contributed by atoms with Crippen LogP contribution in [0, 0.1) is 10.1 Å². The van der Waals surface area contributed by atoms with Crippen LogP contribution >= 0.6 is 0 Å². The molecule has 162 valence electrons. The van der Waals surface area contributed by atoms with E-state index in [1.54, 1.807) is 25.7 Å². The first-order chi connectivity index (χ1) is 13.8. The van der Waals surface area contributed by atoms with Crippen molar-refractivity contribution in [3.8, 4) is 0 Å². The number of pyridine rings is 1. The summed E-state index contributed by atoms with van der Waals surface area (Å²) in [4.78, 5) is 30.1. The standard InChI is InChI=1S/C19H21F3N4O4/c1-18(2,3)30-17(27)25-6-4-24(5-7-25)13-10-14-15(23-11-13)8-12(19(20,21)22)9-16(14)26(28)29/h8-11H,4-7H2,1-3H3. The van der Waals surface area contributed by atoms with Gasteiger partial charge in [0, 0.05) is 32.2 Å². The molecule has 0 bridgehead atoms. The van der Waals surface area contributed by atoms with Gasteiger partial charge < -0.3 is 14.5 Å². The molecule has 0 spiro atoms. The summed E-state index contributed by atoms with van der Waals surface area (Å²) >= 11 is 0. The maximum Gasteiger partial charge on any atom is 0.416 e. The van der Waals surface area contributed by atoms with Crippen LogP contribution in [0.4, 0.5) is 29.3 Å². The number of rotatable bonds is 2. The first-order valence-corrected chi connectivity index (χ1v) is 9.23. The zero-order chi connectivity index (χ0) is 22.3. The van der Waals surface area contributed by atoms with E-state index in [0.717, 1.165) is 6.07 Å². The van der Waals surface area contributed by atoms with Crippen molar-refractivity contribution in [1.29, 1.82) is 0 Å². The third-order valence-corrected chi connectivity index (χ3v) is 4.59. The smallest absolute Gasteiger partial charge is 0.416 e. The summed E-state index contributed by atoms with van der Waals surface area (Å²) in [7, 11) is 0. The third-order valence-electron chi connectivity index (χ3n) is 4.59. The van der Waals surface area contributed by atoms with Crippen LogP contribution in [0.2, 0.25) is 0 Å². The highest BCUT2D eigenvalue weighted by atomic mass is 19.4. The van der Waals surface area contributed by atoms with Crippen molar-refractivity contribution >= 4 is 28.4 Å². The van der Waals surface area contributed by atoms with Crippen LogP contribution in [0.15, 0.2) is 24.4 Å². The van der Waals surface area contributed by atoms with E-state index in [1.165, 1.54) is 12.3 Å². The molecule has 2 heterocycles. The number of nitro benzene ring substituents is 1. The maximum absolute atomic E-state index is 13.0. The summed E-state index contributed by atoms with van der Waals surface area (Å²) in [5, 5.41) is 11.4. The van der Waals surface area contributed by atoms with Crippen molar-refractivity contribution in [2.45, 2.75) is 32.5 Å². The van der Waals surface area contributed by atoms with Gasteiger partial charge in [0.15, 0.2) is 0 Å². The molecule has 1 aromatic carbocycles. The van der Waals surface area contributed by atoms with E-state index in [9.17, 15) is 28.1 Å². The quantitative estimate of drug-likeness (QED) is 0.528. The van der Waals surface area contributed by atoms with Crippen molar-refractivity contribution in [2.24, 2.45) is 0 Å². The molecule has 0 radical (unpaired) electrons. The normalized spacial score (nSPS) is 15.4. The number of ether oxygens (including phenoxy) is 1. The van der Waals surface area contributed by atoms with Gasteiger partial charge in [-0.25, -0.2) is 4.79 Å². The molecule has 1 amide bonds. The molecular weight excluding hydrogens is 405 g/mol. The highest BCUT2D eigenvalue weighted by molar-refractivity contribution is 5.91. The number of nitro groups is 1. The Hall–Kier alpha value is -3.11. The SMILES string of the molecule is CC(C)(C)OC(=O)N1CCN(c2cnc3cc(C(F)(F)F)cc([N+](=O)[O-])c3c2)CC1. The molecule has 1 fully saturated rings. The largest absolute Gasteiger partial charge is 0.444 e. The molecule has 0 unspecified atom stereocenters. The number of halogens is 3. The number of piperazine rings is 1. The van der Waals surface area contributed by atoms with Gasteiger partial charge in [-0.3, -0.25) is 15.1 Å². The summed E-state index contributed by atoms with van der Waals surface area (Å²) in [6.07, 6.45) is -3.75. The average Bonchev–Trinajstić information content (AvgIpc) is 2.64. The predicted octanol–water partition coefficient (Wildman–Crippen LogP) is 4.22. The first kappa shape index (κ1) is 21.6. The minimum absolute atomic E-state index is 0.0278. The van der Waals surface area contributed by atoms with Crippen molar-refractivity contribution in [2.75, 3.05) is 31.1 Å². The summed E-state index contributed by atoms with van der Waals surface area (Å²) in [6.45, 7) is 6.95. The fourth-order valence-corrected chi connectivity index (χ4v) is 3.16. The second-order valence-electron chi connectivity index (χ2n) is 7.96. The van der Waals surface area contributed by atoms with Gasteiger partial charge in [0.1, 0.15) is 5.60 Å². The Kier molecular flexibility index (Phi) is 5.48. The lowest BCUT2D eigenvalue weighted by Gasteiger charge is -2.36. The zero-order valence-corrected chi connectivity index (χ0v) is 16.7. The molecule has 1 aliphatic rings. The van der Waals surface area contributed by atoms with E-state index < -0.39 is 34.0 Å². The lowest BCUT2D eigenvalue weighted by molar-refractivity contribution is -0.383. The molecular formula is C19H21F3N4O4. The number of nitrogens with zero attached hydrogens (tertiary/aromatic N) is 4. The second kappa shape index (κ2) is 7.62. The number of fused-ring (bicyclic) bond motifs is 1. The predicted molar refractivity (Wildman–Crippen MR) is 103 cm³/mol. The molecule has 0 atom stereocenters. The highest BCUT2D eigenvalue weighted by Crippen LogP contribution is 2.36. The van der Waals surface area contributed by atoms with Crippen LogP contribution in [-0.2, 0) is 10.9 Å². The lowest BCUT2D eigenvalue weighted by atomic mass is 10.1. The molecule has 2 aromatic rings. The maximum atomic E-state index is 13.0. The van der Waals surface area contributed by atoms with Crippen LogP contribution in [-0.4, -0.2) is 52.7 Å². The number of amides is 1. The molecule has 0 N–H and O–H groups in total. The van der Waals surface area contributed by atoms with Crippen LogP contribution in [0.25, 0.3) is 10.9 Å². The second-order valence-corrected chi connectivity index (χ2v) is 7.96. The molecule has 3 rings (SSSR count). The number of carbonyl (C=O) groups excluding carboxylic acids is 1. The van der Waals surface area contributed by atoms with Crippen LogP contribution < -0.4 is 4.90 Å². The van der Waals surface area contributed by atoms with Gasteiger partial charge in [0.05, 0.1) is 33.3 Å². The average molecular weight is 426 g/mol. The summed E-state index contributed by atoms with van der Waals surface area (Å²) in [5.41, 5.74) is -1.94. The van der Waals surface area contributed by atoms with Gasteiger partial charge in [0.25, 0.3) is 5.69 Å². The number of aromatic nitrogens is 1. The van der Waals surface area contributed by atoms with Crippen LogP contribution in [0.5, 0.6) is 0 Å². The minimum atomic E-state index is -4.71. The Morgan fingerprint density at radius 3 is 2.30 bits per heavy atom. The van der Waals surface area contributed by atoms with E-state index in [1.807, 2.05) is 4.90 Å². The Balaban J connectivity index is 1.84. The van der Waals surface area contributed by atoms with E-state index in [-0.39, 0.29) is 10.9 Å². The summed E-state index contributed by atoms with van der Waals surface area (Å²) in [6, 6.07) is 2.78. The molecule has 1 aromatic heterocycles. The number of hydrogen-bond acceptors (Lipinski definition) is 6. The monoisotopic (exact) mass is 426 g/mol. The van der Waals surface area contributed by atoms with Crippen molar-refractivity contribution in [3.63, 3.8) is 0 Å². The van der Waals surface area contributed by atoms with Crippen molar-refractivity contribution < 1.29 is 27.6 Å². The zero-order valence-electron chi connectivity index (χ0n) is 16.7. The van der Waals surface area contributed by atoms with Crippen LogP contribution in [0.1, 0.15) is 26.3 Å². The summed E-state index contributed by atoms with van der Waals surface area (Å²) < 4.78 is 44.4. The fraction of sp³-hybridized carbons (Fsp3) is 0.474. The van der Waals surface area contributed by atoms with Crippen LogP contribution in [0.3, 0.4) is 0 Å². The van der Waals surface area contributed by atoms with E-state index in [2.05, 4.69) is 4.98 Å². The Morgan fingerprint density at radius 1 is 1.13 bits per heavy atom. The highest BCUT2D eigenvalue weighted by Gasteiger charge is 2.34. The van der Waals surface area contributed by atoms with Crippen molar-refractivity contribution in [1.82, 2.24) is 9.88 Å². The number of alkyl halides is 3. The van der Waals surface area contributed by atoms with Gasteiger partial charge in [-0.1, -0.05) is 0 Å². The number of non-ortho nitro benzene ring substituents is 1. The van der Waals surface area contributed by atoms with Crippen molar-refractivity contribution in [3.05, 3.63) is 40.1 Å². The number of benzene rings is 1. The topological polar surface area (TPSA) is 88.8 Å². The molecule has 1 aliphatic heterocycles. The van der Waals surface area contributed by atoms with E-state index in [0.29, 0.717) is 37.9 Å². The first-order valence-electron chi connectivity index (χ1n) is 9.23. The lowest BCUT2D eigenvalue weighted by Crippen LogP contribution is -2.50. The molecule has 0 aliphatic carbocycles. The van der Waals surface area contributed by atoms with Gasteiger partial charge in [0.2, 0.25) is 0 Å². The number of carbonyl (C=O) groups is 1. The number of hydrogen-bond donors (Lipinski definition) is 0. The van der Waals surface area contributed by atoms with E-state index >= 15 is 0 Å². The Bertz CT molecular complexity index is 980. The molecule has 8 nitrogen and oxygen atoms in total. The Morgan fingerprint density at radius 2 is 1.77 bits per heavy atom. The minimum Gasteiger partial charge on any atom is -0.444 e. The molecule has 1 saturated heterocycles. The third kappa shape index (κ3) is 4.71. The molecule has 0 saturated carbocycles. The Labute approximate surface area is 170 Å². The molecule has 11 heteroatoms.